The molecule has 0 aromatic rings. The molecule has 0 aromatic heterocycles. The maximum Gasteiger partial charge on any atom is 0.237 e. The number of aliphatic hydroxyl groups is 1. The normalized spacial score (nSPS) is 35.2. The molecule has 3 fully saturated rings. The number of hydrogen-bond acceptors (Lipinski definition) is 5. The highest BCUT2D eigenvalue weighted by atomic mass is 16.5. The van der Waals surface area contributed by atoms with Crippen molar-refractivity contribution in [2.45, 2.75) is 49.8 Å². The van der Waals surface area contributed by atoms with E-state index in [4.69, 9.17) is 4.74 Å². The maximum absolute atomic E-state index is 12.5. The Balaban J connectivity index is 1.53. The van der Waals surface area contributed by atoms with Gasteiger partial charge in [0.2, 0.25) is 5.91 Å². The lowest BCUT2D eigenvalue weighted by atomic mass is 10.0. The van der Waals surface area contributed by atoms with Crippen LogP contribution in [0.3, 0.4) is 0 Å². The average molecular weight is 297 g/mol. The van der Waals surface area contributed by atoms with Crippen molar-refractivity contribution >= 4 is 5.91 Å². The van der Waals surface area contributed by atoms with Crippen molar-refractivity contribution in [3.63, 3.8) is 0 Å². The van der Waals surface area contributed by atoms with Gasteiger partial charge in [0.25, 0.3) is 0 Å². The Morgan fingerprint density at radius 1 is 1.38 bits per heavy atom. The topological polar surface area (TPSA) is 73.8 Å². The molecule has 3 aliphatic rings. The molecule has 0 aliphatic carbocycles. The van der Waals surface area contributed by atoms with Crippen LogP contribution in [-0.4, -0.2) is 73.0 Å². The van der Waals surface area contributed by atoms with E-state index in [-0.39, 0.29) is 11.9 Å². The number of carbonyl (C=O) groups is 1. The maximum atomic E-state index is 12.5. The molecule has 6 heteroatoms. The van der Waals surface area contributed by atoms with E-state index in [0.29, 0.717) is 32.2 Å². The first-order chi connectivity index (χ1) is 10.2. The molecular weight excluding hydrogens is 270 g/mol. The zero-order chi connectivity index (χ0) is 14.7. The van der Waals surface area contributed by atoms with Crippen molar-refractivity contribution in [3.05, 3.63) is 0 Å². The van der Waals surface area contributed by atoms with Crippen LogP contribution >= 0.6 is 0 Å². The Bertz CT molecular complexity index is 365. The van der Waals surface area contributed by atoms with E-state index in [1.807, 2.05) is 0 Å². The number of rotatable bonds is 4. The van der Waals surface area contributed by atoms with Crippen molar-refractivity contribution in [3.8, 4) is 0 Å². The van der Waals surface area contributed by atoms with Gasteiger partial charge in [-0.3, -0.25) is 9.69 Å². The molecule has 2 atom stereocenters. The third-order valence-corrected chi connectivity index (χ3v) is 5.05. The summed E-state index contributed by atoms with van der Waals surface area (Å²) in [6.07, 6.45) is 4.89. The Kier molecular flexibility index (Phi) is 4.78. The Hall–Kier alpha value is -0.690. The van der Waals surface area contributed by atoms with Gasteiger partial charge in [0.1, 0.15) is 5.60 Å². The van der Waals surface area contributed by atoms with E-state index in [0.717, 1.165) is 45.3 Å². The lowest BCUT2D eigenvalue weighted by molar-refractivity contribution is -0.127. The fourth-order valence-corrected chi connectivity index (χ4v) is 3.75. The van der Waals surface area contributed by atoms with Gasteiger partial charge in [0.15, 0.2) is 0 Å². The van der Waals surface area contributed by atoms with Gasteiger partial charge in [-0.25, -0.2) is 0 Å². The SMILES string of the molecule is O=C(NCC1(O)CCOC1)C1CCCN1C1CCNCC1. The van der Waals surface area contributed by atoms with Gasteiger partial charge in [0, 0.05) is 25.6 Å². The van der Waals surface area contributed by atoms with Crippen LogP contribution in [0.5, 0.6) is 0 Å². The Morgan fingerprint density at radius 3 is 2.90 bits per heavy atom. The van der Waals surface area contributed by atoms with Crippen molar-refractivity contribution in [1.82, 2.24) is 15.5 Å². The van der Waals surface area contributed by atoms with Crippen LogP contribution in [0.1, 0.15) is 32.1 Å². The molecule has 3 N–H and O–H groups in total. The molecule has 3 saturated heterocycles. The predicted octanol–water partition coefficient (Wildman–Crippen LogP) is -0.530. The number of carbonyl (C=O) groups excluding carboxylic acids is 1. The third kappa shape index (κ3) is 3.56. The van der Waals surface area contributed by atoms with Crippen molar-refractivity contribution in [1.29, 1.82) is 0 Å². The molecule has 3 rings (SSSR count). The summed E-state index contributed by atoms with van der Waals surface area (Å²) in [4.78, 5) is 14.9. The van der Waals surface area contributed by atoms with Crippen LogP contribution in [0, 0.1) is 0 Å². The summed E-state index contributed by atoms with van der Waals surface area (Å²) in [5, 5.41) is 16.6. The van der Waals surface area contributed by atoms with Crippen molar-refractivity contribution < 1.29 is 14.6 Å². The zero-order valence-electron chi connectivity index (χ0n) is 12.6. The van der Waals surface area contributed by atoms with Gasteiger partial charge in [-0.15, -0.1) is 0 Å². The molecule has 1 amide bonds. The highest BCUT2D eigenvalue weighted by molar-refractivity contribution is 5.82. The number of amides is 1. The number of hydrogen-bond donors (Lipinski definition) is 3. The molecule has 0 radical (unpaired) electrons. The summed E-state index contributed by atoms with van der Waals surface area (Å²) >= 11 is 0. The van der Waals surface area contributed by atoms with Gasteiger partial charge >= 0.3 is 0 Å². The largest absolute Gasteiger partial charge is 0.386 e. The molecule has 0 aromatic carbocycles. The summed E-state index contributed by atoms with van der Waals surface area (Å²) in [7, 11) is 0. The number of ether oxygens (including phenoxy) is 1. The Labute approximate surface area is 126 Å². The van der Waals surface area contributed by atoms with Crippen LogP contribution < -0.4 is 10.6 Å². The highest BCUT2D eigenvalue weighted by Gasteiger charge is 2.38. The second kappa shape index (κ2) is 6.60. The van der Waals surface area contributed by atoms with E-state index in [1.165, 1.54) is 0 Å². The quantitative estimate of drug-likeness (QED) is 0.650. The van der Waals surface area contributed by atoms with Crippen LogP contribution in [0.4, 0.5) is 0 Å². The minimum atomic E-state index is -0.867. The molecule has 2 unspecified atom stereocenters. The third-order valence-electron chi connectivity index (χ3n) is 5.05. The molecule has 0 bridgehead atoms. The number of nitrogens with zero attached hydrogens (tertiary/aromatic N) is 1. The van der Waals surface area contributed by atoms with E-state index in [2.05, 4.69) is 15.5 Å². The number of nitrogens with one attached hydrogen (secondary N) is 2. The van der Waals surface area contributed by atoms with Gasteiger partial charge in [-0.1, -0.05) is 0 Å². The van der Waals surface area contributed by atoms with Gasteiger partial charge in [0.05, 0.1) is 12.6 Å². The molecule has 21 heavy (non-hydrogen) atoms. The van der Waals surface area contributed by atoms with Crippen molar-refractivity contribution in [2.24, 2.45) is 0 Å². The van der Waals surface area contributed by atoms with Crippen LogP contribution in [0.25, 0.3) is 0 Å². The van der Waals surface area contributed by atoms with E-state index >= 15 is 0 Å². The van der Waals surface area contributed by atoms with Gasteiger partial charge < -0.3 is 20.5 Å². The van der Waals surface area contributed by atoms with Crippen molar-refractivity contribution in [2.75, 3.05) is 39.4 Å². The van der Waals surface area contributed by atoms with Crippen LogP contribution in [0.2, 0.25) is 0 Å². The fourth-order valence-electron chi connectivity index (χ4n) is 3.75. The summed E-state index contributed by atoms with van der Waals surface area (Å²) < 4.78 is 5.22. The molecule has 0 spiro atoms. The van der Waals surface area contributed by atoms with Crippen LogP contribution in [0.15, 0.2) is 0 Å². The molecular formula is C15H27N3O3. The monoisotopic (exact) mass is 297 g/mol. The minimum absolute atomic E-state index is 0.0148. The first kappa shape index (κ1) is 15.2. The zero-order valence-corrected chi connectivity index (χ0v) is 12.6. The van der Waals surface area contributed by atoms with E-state index in [1.54, 1.807) is 0 Å². The van der Waals surface area contributed by atoms with E-state index < -0.39 is 5.60 Å². The standard InChI is InChI=1S/C15H27N3O3/c19-14(17-10-15(20)5-9-21-11-15)13-2-1-8-18(13)12-3-6-16-7-4-12/h12-13,16,20H,1-11H2,(H,17,19). The summed E-state index contributed by atoms with van der Waals surface area (Å²) in [6, 6.07) is 0.515. The summed E-state index contributed by atoms with van der Waals surface area (Å²) in [6.45, 7) is 4.34. The highest BCUT2D eigenvalue weighted by Crippen LogP contribution is 2.25. The van der Waals surface area contributed by atoms with Gasteiger partial charge in [-0.05, 0) is 45.3 Å². The second-order valence-electron chi connectivity index (χ2n) is 6.62. The lowest BCUT2D eigenvalue weighted by Gasteiger charge is -2.35. The molecule has 3 heterocycles. The molecule has 0 saturated carbocycles. The average Bonchev–Trinajstić information content (AvgIpc) is 3.15. The predicted molar refractivity (Wildman–Crippen MR) is 79.0 cm³/mol. The number of likely N-dealkylation sites (tertiary alicyclic amines) is 1. The minimum Gasteiger partial charge on any atom is -0.386 e. The second-order valence-corrected chi connectivity index (χ2v) is 6.62. The first-order valence-corrected chi connectivity index (χ1v) is 8.22. The summed E-state index contributed by atoms with van der Waals surface area (Å²) in [5.41, 5.74) is -0.867. The van der Waals surface area contributed by atoms with Gasteiger partial charge in [-0.2, -0.15) is 0 Å². The molecule has 120 valence electrons. The summed E-state index contributed by atoms with van der Waals surface area (Å²) in [5.74, 6) is 0.0753. The molecule has 6 nitrogen and oxygen atoms in total. The Morgan fingerprint density at radius 2 is 2.19 bits per heavy atom. The fraction of sp³-hybridized carbons (Fsp3) is 0.933. The lowest BCUT2D eigenvalue weighted by Crippen LogP contribution is -2.53. The first-order valence-electron chi connectivity index (χ1n) is 8.22. The molecule has 3 aliphatic heterocycles. The smallest absolute Gasteiger partial charge is 0.237 e. The number of piperidine rings is 1. The van der Waals surface area contributed by atoms with Crippen LogP contribution in [-0.2, 0) is 9.53 Å². The van der Waals surface area contributed by atoms with E-state index in [9.17, 15) is 9.90 Å².